The van der Waals surface area contributed by atoms with Crippen LogP contribution in [0.15, 0.2) is 0 Å². The normalized spacial score (nSPS) is 24.7. The SMILES string of the molecule is CCS(=O)(=O)N1CCC(C(=O)NC2(C)CCCCC2)CC1. The molecular weight excluding hydrogens is 288 g/mol. The second-order valence-electron chi connectivity index (χ2n) is 6.68. The van der Waals surface area contributed by atoms with Gasteiger partial charge in [0.1, 0.15) is 0 Å². The topological polar surface area (TPSA) is 66.5 Å². The van der Waals surface area contributed by atoms with Crippen LogP contribution in [-0.4, -0.2) is 43.0 Å². The molecule has 6 heteroatoms. The van der Waals surface area contributed by atoms with Crippen molar-refractivity contribution in [2.45, 2.75) is 64.3 Å². The Balaban J connectivity index is 1.86. The van der Waals surface area contributed by atoms with Crippen molar-refractivity contribution in [3.63, 3.8) is 0 Å². The fourth-order valence-corrected chi connectivity index (χ4v) is 4.57. The Labute approximate surface area is 128 Å². The molecule has 122 valence electrons. The third-order valence-corrected chi connectivity index (χ3v) is 6.85. The summed E-state index contributed by atoms with van der Waals surface area (Å²) in [5.74, 6) is 0.224. The molecule has 0 aromatic rings. The molecule has 21 heavy (non-hydrogen) atoms. The zero-order valence-electron chi connectivity index (χ0n) is 13.2. The molecular formula is C15H28N2O3S. The molecule has 2 rings (SSSR count). The third-order valence-electron chi connectivity index (χ3n) is 4.96. The number of hydrogen-bond donors (Lipinski definition) is 1. The van der Waals surface area contributed by atoms with E-state index in [0.717, 1.165) is 12.8 Å². The first-order valence-corrected chi connectivity index (χ1v) is 9.77. The number of hydrogen-bond acceptors (Lipinski definition) is 3. The van der Waals surface area contributed by atoms with Crippen LogP contribution >= 0.6 is 0 Å². The van der Waals surface area contributed by atoms with E-state index in [4.69, 9.17) is 0 Å². The van der Waals surface area contributed by atoms with E-state index in [1.54, 1.807) is 6.92 Å². The number of nitrogens with zero attached hydrogens (tertiary/aromatic N) is 1. The highest BCUT2D eigenvalue weighted by Gasteiger charge is 2.34. The highest BCUT2D eigenvalue weighted by Crippen LogP contribution is 2.29. The molecule has 0 atom stereocenters. The number of carbonyl (C=O) groups excluding carboxylic acids is 1. The first-order valence-electron chi connectivity index (χ1n) is 8.16. The van der Waals surface area contributed by atoms with Gasteiger partial charge >= 0.3 is 0 Å². The summed E-state index contributed by atoms with van der Waals surface area (Å²) in [6, 6.07) is 0. The van der Waals surface area contributed by atoms with Crippen LogP contribution in [0.1, 0.15) is 58.8 Å². The monoisotopic (exact) mass is 316 g/mol. The van der Waals surface area contributed by atoms with Gasteiger partial charge in [-0.15, -0.1) is 0 Å². The smallest absolute Gasteiger partial charge is 0.223 e. The molecule has 1 aliphatic carbocycles. The Bertz CT molecular complexity index is 461. The average molecular weight is 316 g/mol. The van der Waals surface area contributed by atoms with Crippen molar-refractivity contribution in [1.82, 2.24) is 9.62 Å². The number of sulfonamides is 1. The van der Waals surface area contributed by atoms with E-state index in [-0.39, 0.29) is 23.1 Å². The predicted octanol–water partition coefficient (Wildman–Crippen LogP) is 1.89. The van der Waals surface area contributed by atoms with Crippen LogP contribution in [0.4, 0.5) is 0 Å². The fraction of sp³-hybridized carbons (Fsp3) is 0.933. The van der Waals surface area contributed by atoms with Gasteiger partial charge in [0.25, 0.3) is 0 Å². The van der Waals surface area contributed by atoms with Crippen molar-refractivity contribution in [2.75, 3.05) is 18.8 Å². The number of rotatable bonds is 4. The molecule has 0 bridgehead atoms. The molecule has 1 aliphatic heterocycles. The van der Waals surface area contributed by atoms with E-state index in [0.29, 0.717) is 25.9 Å². The molecule has 2 fully saturated rings. The summed E-state index contributed by atoms with van der Waals surface area (Å²) in [4.78, 5) is 12.4. The summed E-state index contributed by atoms with van der Waals surface area (Å²) in [6.45, 7) is 4.76. The second-order valence-corrected chi connectivity index (χ2v) is 8.94. The number of nitrogens with one attached hydrogen (secondary N) is 1. The lowest BCUT2D eigenvalue weighted by Crippen LogP contribution is -2.51. The molecule has 5 nitrogen and oxygen atoms in total. The van der Waals surface area contributed by atoms with Gasteiger partial charge in [-0.3, -0.25) is 4.79 Å². The summed E-state index contributed by atoms with van der Waals surface area (Å²) >= 11 is 0. The van der Waals surface area contributed by atoms with Gasteiger partial charge in [0.05, 0.1) is 5.75 Å². The lowest BCUT2D eigenvalue weighted by molar-refractivity contribution is -0.128. The molecule has 0 aromatic heterocycles. The lowest BCUT2D eigenvalue weighted by atomic mass is 9.82. The third kappa shape index (κ3) is 4.19. The van der Waals surface area contributed by atoms with Crippen molar-refractivity contribution < 1.29 is 13.2 Å². The van der Waals surface area contributed by atoms with Gasteiger partial charge in [-0.25, -0.2) is 12.7 Å². The molecule has 0 spiro atoms. The summed E-state index contributed by atoms with van der Waals surface area (Å²) in [5, 5.41) is 3.23. The zero-order chi connectivity index (χ0) is 15.5. The largest absolute Gasteiger partial charge is 0.351 e. The minimum atomic E-state index is -3.11. The molecule has 1 amide bonds. The van der Waals surface area contributed by atoms with Crippen LogP contribution in [-0.2, 0) is 14.8 Å². The van der Waals surface area contributed by atoms with Gasteiger partial charge in [0.15, 0.2) is 0 Å². The molecule has 1 N–H and O–H groups in total. The molecule has 0 radical (unpaired) electrons. The maximum absolute atomic E-state index is 12.4. The molecule has 2 aliphatic rings. The Morgan fingerprint density at radius 1 is 1.19 bits per heavy atom. The number of amides is 1. The maximum atomic E-state index is 12.4. The Kier molecular flexibility index (Phi) is 5.30. The highest BCUT2D eigenvalue weighted by molar-refractivity contribution is 7.89. The lowest BCUT2D eigenvalue weighted by Gasteiger charge is -2.37. The van der Waals surface area contributed by atoms with E-state index in [1.165, 1.54) is 23.6 Å². The Hall–Kier alpha value is -0.620. The predicted molar refractivity (Wildman–Crippen MR) is 83.4 cm³/mol. The Morgan fingerprint density at radius 2 is 1.76 bits per heavy atom. The standard InChI is InChI=1S/C15H28N2O3S/c1-3-21(19,20)17-11-7-13(8-12-17)14(18)16-15(2)9-5-4-6-10-15/h13H,3-12H2,1-2H3,(H,16,18). The van der Waals surface area contributed by atoms with Crippen LogP contribution in [0.2, 0.25) is 0 Å². The van der Waals surface area contributed by atoms with Crippen LogP contribution in [0, 0.1) is 5.92 Å². The van der Waals surface area contributed by atoms with E-state index in [2.05, 4.69) is 12.2 Å². The molecule has 0 aromatic carbocycles. The van der Waals surface area contributed by atoms with Crippen molar-refractivity contribution in [3.05, 3.63) is 0 Å². The van der Waals surface area contributed by atoms with E-state index in [9.17, 15) is 13.2 Å². The summed E-state index contributed by atoms with van der Waals surface area (Å²) in [7, 11) is -3.11. The van der Waals surface area contributed by atoms with Crippen molar-refractivity contribution in [3.8, 4) is 0 Å². The molecule has 1 heterocycles. The minimum absolute atomic E-state index is 0.0351. The van der Waals surface area contributed by atoms with Crippen LogP contribution in [0.5, 0.6) is 0 Å². The number of piperidine rings is 1. The summed E-state index contributed by atoms with van der Waals surface area (Å²) in [6.07, 6.45) is 7.03. The number of carbonyl (C=O) groups is 1. The van der Waals surface area contributed by atoms with Crippen LogP contribution in [0.3, 0.4) is 0 Å². The van der Waals surface area contributed by atoms with Crippen LogP contribution in [0.25, 0.3) is 0 Å². The second kappa shape index (κ2) is 6.65. The van der Waals surface area contributed by atoms with Gasteiger partial charge in [0, 0.05) is 24.5 Å². The maximum Gasteiger partial charge on any atom is 0.223 e. The molecule has 1 saturated carbocycles. The van der Waals surface area contributed by atoms with E-state index in [1.807, 2.05) is 0 Å². The van der Waals surface area contributed by atoms with Gasteiger partial charge < -0.3 is 5.32 Å². The van der Waals surface area contributed by atoms with E-state index >= 15 is 0 Å². The van der Waals surface area contributed by atoms with Crippen molar-refractivity contribution in [2.24, 2.45) is 5.92 Å². The van der Waals surface area contributed by atoms with Crippen molar-refractivity contribution in [1.29, 1.82) is 0 Å². The van der Waals surface area contributed by atoms with E-state index < -0.39 is 10.0 Å². The zero-order valence-corrected chi connectivity index (χ0v) is 14.0. The highest BCUT2D eigenvalue weighted by atomic mass is 32.2. The van der Waals surface area contributed by atoms with Gasteiger partial charge in [-0.2, -0.15) is 0 Å². The Morgan fingerprint density at radius 3 is 2.29 bits per heavy atom. The first kappa shape index (κ1) is 16.7. The quantitative estimate of drug-likeness (QED) is 0.861. The summed E-state index contributed by atoms with van der Waals surface area (Å²) in [5.41, 5.74) is -0.0536. The first-order chi connectivity index (χ1) is 9.86. The van der Waals surface area contributed by atoms with Gasteiger partial charge in [0.2, 0.25) is 15.9 Å². The van der Waals surface area contributed by atoms with Crippen molar-refractivity contribution >= 4 is 15.9 Å². The van der Waals surface area contributed by atoms with Gasteiger partial charge in [-0.05, 0) is 39.5 Å². The molecule has 0 unspecified atom stereocenters. The molecule has 1 saturated heterocycles. The minimum Gasteiger partial charge on any atom is -0.351 e. The van der Waals surface area contributed by atoms with Crippen LogP contribution < -0.4 is 5.32 Å². The van der Waals surface area contributed by atoms with Gasteiger partial charge in [-0.1, -0.05) is 19.3 Å². The average Bonchev–Trinajstić information content (AvgIpc) is 2.47. The summed E-state index contributed by atoms with van der Waals surface area (Å²) < 4.78 is 25.2. The fourth-order valence-electron chi connectivity index (χ4n) is 3.44.